The van der Waals surface area contributed by atoms with Gasteiger partial charge in [-0.15, -0.1) is 0 Å². The number of carbonyl (C=O) groups excluding carboxylic acids is 2. The SMILES string of the molecule is Cc1cnc(OCC(C)(C)C(=O)N[C@@H]2CN(C)C[C@H]2c2ccc(Cl)cc2)c(C)c1.Cc1cnc(OCC(C)(C)C(=O)N[C@H]2CN(C)C[C@@H]2c2ccc(Cl)cc2)c(C)c1. The average molecular weight is 832 g/mol. The Kier molecular flexibility index (Phi) is 14.9. The highest BCUT2D eigenvalue weighted by Crippen LogP contribution is 2.31. The molecule has 2 saturated heterocycles. The van der Waals surface area contributed by atoms with Crippen molar-refractivity contribution < 1.29 is 19.1 Å². The Morgan fingerprint density at radius 3 is 1.31 bits per heavy atom. The first-order valence-corrected chi connectivity index (χ1v) is 20.7. The molecule has 2 aliphatic rings. The number of rotatable bonds is 12. The molecule has 12 heteroatoms. The van der Waals surface area contributed by atoms with Crippen LogP contribution in [0.2, 0.25) is 10.0 Å². The van der Waals surface area contributed by atoms with Crippen molar-refractivity contribution in [2.24, 2.45) is 10.8 Å². The van der Waals surface area contributed by atoms with Gasteiger partial charge in [0.25, 0.3) is 0 Å². The van der Waals surface area contributed by atoms with Crippen LogP contribution in [0.3, 0.4) is 0 Å². The summed E-state index contributed by atoms with van der Waals surface area (Å²) in [4.78, 5) is 39.3. The third-order valence-corrected chi connectivity index (χ3v) is 11.4. The fourth-order valence-corrected chi connectivity index (χ4v) is 7.70. The van der Waals surface area contributed by atoms with Crippen LogP contribution < -0.4 is 20.1 Å². The summed E-state index contributed by atoms with van der Waals surface area (Å²) < 4.78 is 11.8. The minimum atomic E-state index is -0.676. The molecular weight excluding hydrogens is 771 g/mol. The minimum absolute atomic E-state index is 0.0125. The third-order valence-electron chi connectivity index (χ3n) is 10.9. The van der Waals surface area contributed by atoms with Gasteiger partial charge in [0.05, 0.1) is 10.8 Å². The molecule has 58 heavy (non-hydrogen) atoms. The molecule has 4 aromatic rings. The predicted molar refractivity (Wildman–Crippen MR) is 233 cm³/mol. The van der Waals surface area contributed by atoms with E-state index in [1.54, 1.807) is 12.4 Å². The standard InChI is InChI=1S/2C23H30ClN3O2/c2*1-15-10-16(2)21(25-11-15)29-14-23(3,4)22(28)26-20-13-27(5)12-19(20)17-6-8-18(24)9-7-17/h2*6-11,19-20H,12-14H2,1-5H3,(H,26,28)/t2*19-,20+/m10/s1. The molecule has 6 rings (SSSR count). The van der Waals surface area contributed by atoms with E-state index < -0.39 is 10.8 Å². The molecule has 2 amide bonds. The van der Waals surface area contributed by atoms with E-state index in [0.717, 1.165) is 58.5 Å². The topological polar surface area (TPSA) is 109 Å². The molecule has 2 N–H and O–H groups in total. The van der Waals surface area contributed by atoms with Crippen LogP contribution in [0, 0.1) is 38.5 Å². The van der Waals surface area contributed by atoms with Crippen molar-refractivity contribution in [2.45, 2.75) is 79.3 Å². The molecule has 2 aromatic carbocycles. The number of hydrogen-bond acceptors (Lipinski definition) is 8. The largest absolute Gasteiger partial charge is 0.476 e. The lowest BCUT2D eigenvalue weighted by Crippen LogP contribution is -2.48. The number of aryl methyl sites for hydroxylation is 4. The normalized spacial score (nSPS) is 19.9. The molecule has 0 spiro atoms. The van der Waals surface area contributed by atoms with Crippen molar-refractivity contribution in [1.29, 1.82) is 0 Å². The summed E-state index contributed by atoms with van der Waals surface area (Å²) in [5.41, 5.74) is 5.16. The molecule has 312 valence electrons. The zero-order valence-corrected chi connectivity index (χ0v) is 37.2. The van der Waals surface area contributed by atoms with Crippen LogP contribution in [0.1, 0.15) is 72.9 Å². The summed E-state index contributed by atoms with van der Waals surface area (Å²) in [6, 6.07) is 20.0. The third kappa shape index (κ3) is 11.9. The molecule has 0 radical (unpaired) electrons. The number of amides is 2. The smallest absolute Gasteiger partial charge is 0.229 e. The average Bonchev–Trinajstić information content (AvgIpc) is 3.72. The first kappa shape index (κ1) is 44.9. The van der Waals surface area contributed by atoms with Gasteiger partial charge in [0.15, 0.2) is 0 Å². The van der Waals surface area contributed by atoms with E-state index in [-0.39, 0.29) is 48.9 Å². The number of ether oxygens (including phenoxy) is 2. The first-order chi connectivity index (χ1) is 27.3. The number of pyridine rings is 2. The van der Waals surface area contributed by atoms with Crippen LogP contribution in [0.25, 0.3) is 0 Å². The van der Waals surface area contributed by atoms with Gasteiger partial charge in [-0.1, -0.05) is 47.5 Å². The second kappa shape index (κ2) is 19.2. The van der Waals surface area contributed by atoms with Crippen molar-refractivity contribution in [3.05, 3.63) is 116 Å². The van der Waals surface area contributed by atoms with Crippen molar-refractivity contribution in [3.8, 4) is 11.8 Å². The summed E-state index contributed by atoms with van der Waals surface area (Å²) >= 11 is 12.1. The van der Waals surface area contributed by atoms with E-state index in [0.29, 0.717) is 11.8 Å². The highest BCUT2D eigenvalue weighted by molar-refractivity contribution is 6.30. The number of likely N-dealkylation sites (tertiary alicyclic amines) is 2. The molecule has 0 unspecified atom stereocenters. The molecular formula is C46H60Cl2N6O4. The maximum absolute atomic E-state index is 13.1. The number of halogens is 2. The Morgan fingerprint density at radius 2 is 0.983 bits per heavy atom. The van der Waals surface area contributed by atoms with Crippen LogP contribution in [0.15, 0.2) is 73.1 Å². The van der Waals surface area contributed by atoms with Crippen LogP contribution in [-0.2, 0) is 9.59 Å². The van der Waals surface area contributed by atoms with E-state index in [9.17, 15) is 9.59 Å². The Bertz CT molecular complexity index is 1880. The van der Waals surface area contributed by atoms with Crippen molar-refractivity contribution in [2.75, 3.05) is 53.5 Å². The van der Waals surface area contributed by atoms with Crippen LogP contribution in [0.5, 0.6) is 11.8 Å². The minimum Gasteiger partial charge on any atom is -0.476 e. The zero-order chi connectivity index (χ0) is 42.4. The van der Waals surface area contributed by atoms with Gasteiger partial charge in [0.1, 0.15) is 13.2 Å². The molecule has 0 aliphatic carbocycles. The van der Waals surface area contributed by atoms with Crippen molar-refractivity contribution in [1.82, 2.24) is 30.4 Å². The second-order valence-corrected chi connectivity index (χ2v) is 18.4. The quantitative estimate of drug-likeness (QED) is 0.148. The Balaban J connectivity index is 0.000000221. The number of benzene rings is 2. The number of carbonyl (C=O) groups is 2. The van der Waals surface area contributed by atoms with Crippen molar-refractivity contribution in [3.63, 3.8) is 0 Å². The van der Waals surface area contributed by atoms with E-state index >= 15 is 0 Å². The molecule has 2 aromatic heterocycles. The lowest BCUT2D eigenvalue weighted by Gasteiger charge is -2.28. The second-order valence-electron chi connectivity index (χ2n) is 17.5. The Labute approximate surface area is 355 Å². The summed E-state index contributed by atoms with van der Waals surface area (Å²) in [7, 11) is 4.16. The fraction of sp³-hybridized carbons (Fsp3) is 0.478. The molecule has 10 nitrogen and oxygen atoms in total. The van der Waals surface area contributed by atoms with Crippen LogP contribution >= 0.6 is 23.2 Å². The predicted octanol–water partition coefficient (Wildman–Crippen LogP) is 7.94. The van der Waals surface area contributed by atoms with Gasteiger partial charge >= 0.3 is 0 Å². The van der Waals surface area contributed by atoms with E-state index in [4.69, 9.17) is 32.7 Å². The van der Waals surface area contributed by atoms with E-state index in [1.807, 2.05) is 116 Å². The number of nitrogens with one attached hydrogen (secondary N) is 2. The summed E-state index contributed by atoms with van der Waals surface area (Å²) in [6.07, 6.45) is 3.56. The first-order valence-electron chi connectivity index (χ1n) is 19.9. The van der Waals surface area contributed by atoms with E-state index in [1.165, 1.54) is 11.1 Å². The number of hydrogen-bond donors (Lipinski definition) is 2. The molecule has 2 fully saturated rings. The van der Waals surface area contributed by atoms with Crippen LogP contribution in [0.4, 0.5) is 0 Å². The Hall–Kier alpha value is -4.22. The van der Waals surface area contributed by atoms with Gasteiger partial charge < -0.3 is 29.9 Å². The van der Waals surface area contributed by atoms with Crippen molar-refractivity contribution >= 4 is 35.0 Å². The summed E-state index contributed by atoms with van der Waals surface area (Å²) in [5.74, 6) is 1.60. The van der Waals surface area contributed by atoms with E-state index in [2.05, 4.69) is 44.5 Å². The highest BCUT2D eigenvalue weighted by atomic mass is 35.5. The lowest BCUT2D eigenvalue weighted by molar-refractivity contribution is -0.132. The van der Waals surface area contributed by atoms with Gasteiger partial charge in [-0.25, -0.2) is 9.97 Å². The number of nitrogens with zero attached hydrogens (tertiary/aromatic N) is 4. The molecule has 2 aliphatic heterocycles. The summed E-state index contributed by atoms with van der Waals surface area (Å²) in [6.45, 7) is 19.5. The lowest BCUT2D eigenvalue weighted by atomic mass is 9.90. The van der Waals surface area contributed by atoms with Gasteiger partial charge in [-0.2, -0.15) is 0 Å². The van der Waals surface area contributed by atoms with Gasteiger partial charge in [-0.05, 0) is 128 Å². The number of aromatic nitrogens is 2. The highest BCUT2D eigenvalue weighted by Gasteiger charge is 2.39. The molecule has 0 bridgehead atoms. The van der Waals surface area contributed by atoms with Gasteiger partial charge in [0.2, 0.25) is 23.6 Å². The Morgan fingerprint density at radius 1 is 0.638 bits per heavy atom. The molecule has 4 atom stereocenters. The monoisotopic (exact) mass is 830 g/mol. The molecule has 4 heterocycles. The van der Waals surface area contributed by atoms with Gasteiger partial charge in [-0.3, -0.25) is 9.59 Å². The fourth-order valence-electron chi connectivity index (χ4n) is 7.45. The van der Waals surface area contributed by atoms with Crippen LogP contribution in [-0.4, -0.2) is 97.2 Å². The molecule has 0 saturated carbocycles. The van der Waals surface area contributed by atoms with Gasteiger partial charge in [0, 0.05) is 83.7 Å². The number of likely N-dealkylation sites (N-methyl/N-ethyl adjacent to an activating group) is 2. The maximum atomic E-state index is 13.1. The maximum Gasteiger partial charge on any atom is 0.229 e. The zero-order valence-electron chi connectivity index (χ0n) is 35.7. The summed E-state index contributed by atoms with van der Waals surface area (Å²) in [5, 5.41) is 7.96.